The van der Waals surface area contributed by atoms with Crippen LogP contribution >= 0.6 is 11.6 Å². The Hall–Kier alpha value is -2.76. The molecule has 0 unspecified atom stereocenters. The second kappa shape index (κ2) is 14.7. The molecule has 0 N–H and O–H groups in total. The molecule has 2 bridgehead atoms. The van der Waals surface area contributed by atoms with Crippen molar-refractivity contribution in [3.8, 4) is 5.75 Å². The molecular weight excluding hydrogens is 676 g/mol. The van der Waals surface area contributed by atoms with Crippen molar-refractivity contribution >= 4 is 38.7 Å². The van der Waals surface area contributed by atoms with E-state index >= 15 is 0 Å². The highest BCUT2D eigenvalue weighted by Crippen LogP contribution is 2.47. The lowest BCUT2D eigenvalue weighted by molar-refractivity contribution is -0.145. The number of carbonyl (C=O) groups excluding carboxylic acids is 2. The number of allylic oxidation sites excluding steroid dienone is 1. The highest BCUT2D eigenvalue weighted by atomic mass is 35.5. The maximum atomic E-state index is 14.7. The topological polar surface area (TPSA) is 104 Å². The zero-order valence-electron chi connectivity index (χ0n) is 29.3. The molecule has 3 aliphatic heterocycles. The number of hydrogen-bond acceptors (Lipinski definition) is 8. The van der Waals surface area contributed by atoms with E-state index in [1.165, 1.54) is 11.1 Å². The number of rotatable bonds is 6. The van der Waals surface area contributed by atoms with Crippen LogP contribution in [0.25, 0.3) is 0 Å². The van der Waals surface area contributed by atoms with Crippen LogP contribution in [0.2, 0.25) is 5.02 Å². The highest BCUT2D eigenvalue weighted by Gasteiger charge is 2.44. The van der Waals surface area contributed by atoms with E-state index in [1.54, 1.807) is 13.2 Å². The summed E-state index contributed by atoms with van der Waals surface area (Å²) in [6.07, 6.45) is 9.87. The van der Waals surface area contributed by atoms with Crippen LogP contribution in [0.5, 0.6) is 5.75 Å². The summed E-state index contributed by atoms with van der Waals surface area (Å²) in [5.41, 5.74) is 3.47. The van der Waals surface area contributed by atoms with Crippen molar-refractivity contribution in [1.29, 1.82) is 0 Å². The van der Waals surface area contributed by atoms with Gasteiger partial charge < -0.3 is 23.8 Å². The van der Waals surface area contributed by atoms with Crippen LogP contribution in [0.4, 0.5) is 5.69 Å². The van der Waals surface area contributed by atoms with Gasteiger partial charge in [0.1, 0.15) is 18.5 Å². The van der Waals surface area contributed by atoms with Gasteiger partial charge in [-0.1, -0.05) is 36.7 Å². The van der Waals surface area contributed by atoms with Crippen molar-refractivity contribution in [1.82, 2.24) is 0 Å². The quantitative estimate of drug-likeness (QED) is 0.314. The van der Waals surface area contributed by atoms with Crippen LogP contribution < -0.4 is 9.64 Å². The van der Waals surface area contributed by atoms with Crippen molar-refractivity contribution in [2.24, 2.45) is 22.1 Å². The minimum atomic E-state index is -3.31. The monoisotopic (exact) mass is 724 g/mol. The Morgan fingerprint density at radius 1 is 1.16 bits per heavy atom. The second-order valence-corrected chi connectivity index (χ2v) is 18.1. The molecule has 1 saturated carbocycles. The van der Waals surface area contributed by atoms with Crippen molar-refractivity contribution in [2.75, 3.05) is 57.3 Å². The van der Waals surface area contributed by atoms with E-state index in [1.807, 2.05) is 32.0 Å². The van der Waals surface area contributed by atoms with E-state index < -0.39 is 20.9 Å². The van der Waals surface area contributed by atoms with Crippen molar-refractivity contribution in [3.05, 3.63) is 70.3 Å². The second-order valence-electron chi connectivity index (χ2n) is 15.1. The number of fused-ring (bicyclic) bond motifs is 4. The minimum Gasteiger partial charge on any atom is -0.490 e. The standard InChI is InChI=1S/C39H49ClN2O7S/c1-25-6-4-8-36(46-3)33-12-9-29(33)18-42-23-39(15-5-7-27-16-30(40)11-13-34(27)39)24-49-37-14-10-28(17-35(37)42)38(44)41-50(45,26(25)2)22-31(43)19-48-32-20-47-21-32/h4,8,10-11,13-14,16-17,25-26,29,32-33,36H,5-7,9,12,15,18-24H2,1-3H3/b8-4+/t25-,26+,29-,33+,36-,39-,50-/m0/s1. The lowest BCUT2D eigenvalue weighted by Crippen LogP contribution is -2.49. The Morgan fingerprint density at radius 3 is 2.74 bits per heavy atom. The Morgan fingerprint density at radius 2 is 2.00 bits per heavy atom. The summed E-state index contributed by atoms with van der Waals surface area (Å²) in [4.78, 5) is 29.6. The van der Waals surface area contributed by atoms with Crippen LogP contribution in [0, 0.1) is 17.8 Å². The SMILES string of the molecule is CO[C@H]1/C=C/C[C@H](C)[C@@H](C)[S@@](=O)(CC(=O)COC2COC2)=NC(=O)c2ccc3c(c2)N(C[C@@H]2CC[C@H]21)C[C@@]1(CCCc2cc(Cl)ccc21)CO3. The zero-order chi connectivity index (χ0) is 35.0. The molecule has 270 valence electrons. The fourth-order valence-corrected chi connectivity index (χ4v) is 10.9. The first-order chi connectivity index (χ1) is 24.1. The number of amides is 1. The molecule has 2 aromatic carbocycles. The molecule has 7 atom stereocenters. The number of methoxy groups -OCH3 is 1. The Balaban J connectivity index is 1.28. The van der Waals surface area contributed by atoms with Crippen molar-refractivity contribution in [2.45, 2.75) is 75.2 Å². The molecule has 9 nitrogen and oxygen atoms in total. The predicted octanol–water partition coefficient (Wildman–Crippen LogP) is 6.43. The largest absolute Gasteiger partial charge is 0.490 e. The Labute approximate surface area is 301 Å². The van der Waals surface area contributed by atoms with Crippen LogP contribution in [0.15, 0.2) is 52.9 Å². The molecule has 0 aromatic heterocycles. The summed E-state index contributed by atoms with van der Waals surface area (Å²) >= 11 is 6.46. The van der Waals surface area contributed by atoms with E-state index in [0.29, 0.717) is 43.6 Å². The van der Waals surface area contributed by atoms with Gasteiger partial charge in [0.15, 0.2) is 5.78 Å². The minimum absolute atomic E-state index is 0.0467. The van der Waals surface area contributed by atoms with E-state index in [2.05, 4.69) is 33.5 Å². The number of carbonyl (C=O) groups is 2. The molecule has 11 heteroatoms. The number of ether oxygens (including phenoxy) is 4. The van der Waals surface area contributed by atoms with Gasteiger partial charge in [-0.25, -0.2) is 4.21 Å². The van der Waals surface area contributed by atoms with Gasteiger partial charge in [-0.05, 0) is 105 Å². The number of anilines is 1. The maximum absolute atomic E-state index is 14.7. The molecular formula is C39H49ClN2O7S. The third-order valence-corrected chi connectivity index (χ3v) is 14.9. The summed E-state index contributed by atoms with van der Waals surface area (Å²) in [5.74, 6) is 0.0879. The normalized spacial score (nSPS) is 33.5. The lowest BCUT2D eigenvalue weighted by atomic mass is 9.68. The summed E-state index contributed by atoms with van der Waals surface area (Å²) < 4.78 is 42.7. The van der Waals surface area contributed by atoms with Crippen LogP contribution in [-0.2, 0) is 40.6 Å². The van der Waals surface area contributed by atoms with Gasteiger partial charge in [0.25, 0.3) is 5.91 Å². The van der Waals surface area contributed by atoms with Gasteiger partial charge in [0.05, 0.1) is 47.1 Å². The average molecular weight is 725 g/mol. The third-order valence-electron chi connectivity index (χ3n) is 11.8. The van der Waals surface area contributed by atoms with Gasteiger partial charge in [0.2, 0.25) is 0 Å². The number of hydrogen-bond donors (Lipinski definition) is 0. The smallest absolute Gasteiger partial charge is 0.285 e. The Kier molecular flexibility index (Phi) is 10.5. The fraction of sp³-hybridized carbons (Fsp3) is 0.590. The van der Waals surface area contributed by atoms with E-state index in [4.69, 9.17) is 30.5 Å². The van der Waals surface area contributed by atoms with Crippen molar-refractivity contribution in [3.63, 3.8) is 0 Å². The first-order valence-electron chi connectivity index (χ1n) is 18.1. The number of nitrogens with zero attached hydrogens (tertiary/aromatic N) is 2. The predicted molar refractivity (Wildman–Crippen MR) is 195 cm³/mol. The number of aryl methyl sites for hydroxylation is 1. The van der Waals surface area contributed by atoms with Gasteiger partial charge in [-0.15, -0.1) is 0 Å². The van der Waals surface area contributed by atoms with Crippen LogP contribution in [0.1, 0.15) is 67.4 Å². The molecule has 1 spiro atoms. The molecule has 50 heavy (non-hydrogen) atoms. The molecule has 2 aromatic rings. The van der Waals surface area contributed by atoms with Gasteiger partial charge in [-0.3, -0.25) is 9.59 Å². The van der Waals surface area contributed by atoms with Crippen LogP contribution in [-0.4, -0.2) is 85.7 Å². The molecule has 2 aliphatic carbocycles. The summed E-state index contributed by atoms with van der Waals surface area (Å²) in [7, 11) is -1.54. The number of halogens is 1. The molecule has 5 aliphatic rings. The van der Waals surface area contributed by atoms with Crippen molar-refractivity contribution < 1.29 is 32.7 Å². The molecule has 2 fully saturated rings. The Bertz CT molecular complexity index is 1770. The molecule has 7 rings (SSSR count). The first kappa shape index (κ1) is 35.6. The molecule has 0 radical (unpaired) electrons. The zero-order valence-corrected chi connectivity index (χ0v) is 30.9. The van der Waals surface area contributed by atoms with Gasteiger partial charge in [0, 0.05) is 41.5 Å². The first-order valence-corrected chi connectivity index (χ1v) is 20.2. The summed E-state index contributed by atoms with van der Waals surface area (Å²) in [6, 6.07) is 11.7. The van der Waals surface area contributed by atoms with Crippen LogP contribution in [0.3, 0.4) is 0 Å². The number of benzene rings is 2. The molecule has 3 heterocycles. The van der Waals surface area contributed by atoms with Gasteiger partial charge in [-0.2, -0.15) is 4.36 Å². The average Bonchev–Trinajstić information content (AvgIpc) is 3.21. The third kappa shape index (κ3) is 7.16. The highest BCUT2D eigenvalue weighted by molar-refractivity contribution is 7.95. The number of ketones is 1. The molecule has 1 saturated heterocycles. The van der Waals surface area contributed by atoms with E-state index in [9.17, 15) is 13.8 Å². The fourth-order valence-electron chi connectivity index (χ4n) is 8.40. The maximum Gasteiger partial charge on any atom is 0.285 e. The summed E-state index contributed by atoms with van der Waals surface area (Å²) in [5, 5.41) is 0.215. The summed E-state index contributed by atoms with van der Waals surface area (Å²) in [6.45, 7) is 6.57. The number of Topliss-reactive ketones (excluding diaryl/α,β-unsaturated/α-hetero) is 1. The van der Waals surface area contributed by atoms with E-state index in [-0.39, 0.29) is 41.7 Å². The van der Waals surface area contributed by atoms with E-state index in [0.717, 1.165) is 61.7 Å². The molecule has 1 amide bonds. The van der Waals surface area contributed by atoms with Gasteiger partial charge >= 0.3 is 0 Å². The lowest BCUT2D eigenvalue weighted by Gasteiger charge is -2.46.